The van der Waals surface area contributed by atoms with Crippen molar-refractivity contribution in [3.05, 3.63) is 71.8 Å². The van der Waals surface area contributed by atoms with Gasteiger partial charge < -0.3 is 0 Å². The van der Waals surface area contributed by atoms with Gasteiger partial charge in [-0.2, -0.15) is 0 Å². The fraction of sp³-hybridized carbons (Fsp3) is 0. The van der Waals surface area contributed by atoms with Crippen LogP contribution in [-0.4, -0.2) is 4.98 Å². The summed E-state index contributed by atoms with van der Waals surface area (Å²) in [4.78, 5) is 4.21. The van der Waals surface area contributed by atoms with Crippen LogP contribution in [0.2, 0.25) is 35.3 Å². The first kappa shape index (κ1) is 19.4. The molecule has 0 aliphatic carbocycles. The average Bonchev–Trinajstić information content (AvgIpc) is 2.55. The lowest BCUT2D eigenvalue weighted by Gasteiger charge is -2.12. The number of hydrogen-bond acceptors (Lipinski definition) is 1. The van der Waals surface area contributed by atoms with Gasteiger partial charge in [0, 0.05) is 28.5 Å². The minimum absolute atomic E-state index is 0.264. The number of nitrogens with zero attached hydrogens (tertiary/aromatic N) is 1. The first-order valence-electron chi connectivity index (χ1n) is 6.73. The van der Waals surface area contributed by atoms with Gasteiger partial charge in [-0.25, -0.2) is 4.98 Å². The second-order valence-electron chi connectivity index (χ2n) is 5.05. The zero-order valence-electron chi connectivity index (χ0n) is 12.1. The fourth-order valence-corrected chi connectivity index (χ4v) is 3.77. The molecule has 0 unspecified atom stereocenters. The maximum Gasteiger partial charge on any atom is 0.136 e. The third-order valence-electron chi connectivity index (χ3n) is 3.46. The van der Waals surface area contributed by atoms with Gasteiger partial charge in [-0.15, -0.1) is 0 Å². The summed E-state index contributed by atoms with van der Waals surface area (Å²) in [5.41, 5.74) is 2.55. The molecular weight excluding hydrogens is 466 g/mol. The smallest absolute Gasteiger partial charge is 0.136 e. The molecule has 0 saturated carbocycles. The van der Waals surface area contributed by atoms with E-state index in [9.17, 15) is 0 Å². The van der Waals surface area contributed by atoms with Crippen molar-refractivity contribution < 1.29 is 0 Å². The summed E-state index contributed by atoms with van der Waals surface area (Å²) in [6.07, 6.45) is 1.59. The monoisotopic (exact) mass is 469 g/mol. The van der Waals surface area contributed by atoms with Crippen LogP contribution in [0.5, 0.6) is 0 Å². The summed E-state index contributed by atoms with van der Waals surface area (Å²) in [5, 5.41) is 2.55. The molecule has 1 aromatic heterocycles. The van der Waals surface area contributed by atoms with E-state index in [0.717, 1.165) is 0 Å². The third-order valence-corrected chi connectivity index (χ3v) is 5.83. The molecule has 3 rings (SSSR count). The Morgan fingerprint density at radius 2 is 0.960 bits per heavy atom. The van der Waals surface area contributed by atoms with Gasteiger partial charge in [0.1, 0.15) is 5.15 Å². The van der Waals surface area contributed by atoms with Crippen molar-refractivity contribution >= 4 is 81.2 Å². The highest BCUT2D eigenvalue weighted by molar-refractivity contribution is 6.45. The lowest BCUT2D eigenvalue weighted by Crippen LogP contribution is -1.89. The molecule has 3 aromatic rings. The third kappa shape index (κ3) is 3.99. The highest BCUT2D eigenvalue weighted by Gasteiger charge is 2.15. The van der Waals surface area contributed by atoms with Gasteiger partial charge in [-0.1, -0.05) is 81.2 Å². The normalized spacial score (nSPS) is 11.0. The lowest BCUT2D eigenvalue weighted by molar-refractivity contribution is 1.33. The van der Waals surface area contributed by atoms with Crippen molar-refractivity contribution in [3.8, 4) is 22.3 Å². The zero-order chi connectivity index (χ0) is 18.3. The fourth-order valence-electron chi connectivity index (χ4n) is 2.26. The van der Waals surface area contributed by atoms with Crippen molar-refractivity contribution in [1.82, 2.24) is 4.98 Å². The largest absolute Gasteiger partial charge is 0.243 e. The molecule has 0 radical (unpaired) electrons. The molecule has 0 N–H and O–H groups in total. The van der Waals surface area contributed by atoms with Gasteiger partial charge >= 0.3 is 0 Å². The van der Waals surface area contributed by atoms with Crippen LogP contribution in [0.3, 0.4) is 0 Å². The Balaban J connectivity index is 2.21. The summed E-state index contributed by atoms with van der Waals surface area (Å²) >= 11 is 43.0. The molecule has 0 amide bonds. The Morgan fingerprint density at radius 3 is 1.56 bits per heavy atom. The van der Waals surface area contributed by atoms with Gasteiger partial charge in [0.15, 0.2) is 0 Å². The minimum atomic E-state index is 0.264. The molecule has 1 heterocycles. The van der Waals surface area contributed by atoms with E-state index >= 15 is 0 Å². The van der Waals surface area contributed by atoms with E-state index in [4.69, 9.17) is 81.2 Å². The van der Waals surface area contributed by atoms with E-state index in [-0.39, 0.29) is 5.15 Å². The molecule has 0 bridgehead atoms. The molecule has 128 valence electrons. The van der Waals surface area contributed by atoms with E-state index < -0.39 is 0 Å². The quantitative estimate of drug-likeness (QED) is 0.268. The predicted molar refractivity (Wildman–Crippen MR) is 110 cm³/mol. The Kier molecular flexibility index (Phi) is 5.97. The standard InChI is InChI=1S/C17H6Cl7N/c18-11-4-15(22)13(20)2-8(11)7-1-10(17(24)25-6-7)9-3-14(21)16(23)5-12(9)19/h1-6H. The van der Waals surface area contributed by atoms with Crippen LogP contribution in [-0.2, 0) is 0 Å². The predicted octanol–water partition coefficient (Wildman–Crippen LogP) is 8.99. The van der Waals surface area contributed by atoms with Gasteiger partial charge in [-0.05, 0) is 30.3 Å². The van der Waals surface area contributed by atoms with Crippen LogP contribution in [0.25, 0.3) is 22.3 Å². The van der Waals surface area contributed by atoms with Crippen LogP contribution >= 0.6 is 81.2 Å². The van der Waals surface area contributed by atoms with Gasteiger partial charge in [0.25, 0.3) is 0 Å². The Bertz CT molecular complexity index is 985. The Labute approximate surface area is 179 Å². The molecular formula is C17H6Cl7N. The van der Waals surface area contributed by atoms with Crippen molar-refractivity contribution in [3.63, 3.8) is 0 Å². The molecule has 0 fully saturated rings. The molecule has 2 aromatic carbocycles. The van der Waals surface area contributed by atoms with Crippen LogP contribution in [0.15, 0.2) is 36.5 Å². The maximum atomic E-state index is 6.29. The number of pyridine rings is 1. The van der Waals surface area contributed by atoms with Gasteiger partial charge in [0.2, 0.25) is 0 Å². The number of hydrogen-bond donors (Lipinski definition) is 0. The number of halogens is 7. The summed E-state index contributed by atoms with van der Waals surface area (Å²) in [5.74, 6) is 0. The van der Waals surface area contributed by atoms with Crippen molar-refractivity contribution in [2.24, 2.45) is 0 Å². The Hall–Kier alpha value is -0.380. The molecule has 0 aliphatic heterocycles. The number of benzene rings is 2. The van der Waals surface area contributed by atoms with Crippen LogP contribution in [0, 0.1) is 0 Å². The summed E-state index contributed by atoms with van der Waals surface area (Å²) in [6, 6.07) is 8.22. The molecule has 25 heavy (non-hydrogen) atoms. The van der Waals surface area contributed by atoms with Crippen molar-refractivity contribution in [2.75, 3.05) is 0 Å². The maximum absolute atomic E-state index is 6.29. The molecule has 8 heteroatoms. The van der Waals surface area contributed by atoms with E-state index in [0.29, 0.717) is 52.4 Å². The van der Waals surface area contributed by atoms with Crippen molar-refractivity contribution in [2.45, 2.75) is 0 Å². The summed E-state index contributed by atoms with van der Waals surface area (Å²) in [6.45, 7) is 0. The molecule has 0 atom stereocenters. The highest BCUT2D eigenvalue weighted by Crippen LogP contribution is 2.41. The molecule has 0 spiro atoms. The summed E-state index contributed by atoms with van der Waals surface area (Å²) < 4.78 is 0. The molecule has 0 aliphatic rings. The van der Waals surface area contributed by atoms with E-state index in [1.54, 1.807) is 36.5 Å². The highest BCUT2D eigenvalue weighted by atomic mass is 35.5. The van der Waals surface area contributed by atoms with Crippen molar-refractivity contribution in [1.29, 1.82) is 0 Å². The zero-order valence-corrected chi connectivity index (χ0v) is 17.3. The van der Waals surface area contributed by atoms with Crippen LogP contribution in [0.4, 0.5) is 0 Å². The van der Waals surface area contributed by atoms with Gasteiger partial charge in [-0.3, -0.25) is 0 Å². The minimum Gasteiger partial charge on any atom is -0.243 e. The van der Waals surface area contributed by atoms with E-state index in [1.807, 2.05) is 0 Å². The van der Waals surface area contributed by atoms with Crippen LogP contribution in [0.1, 0.15) is 0 Å². The van der Waals surface area contributed by atoms with E-state index in [2.05, 4.69) is 4.98 Å². The molecule has 0 saturated heterocycles. The first-order valence-corrected chi connectivity index (χ1v) is 9.38. The number of rotatable bonds is 2. The summed E-state index contributed by atoms with van der Waals surface area (Å²) in [7, 11) is 0. The average molecular weight is 472 g/mol. The lowest BCUT2D eigenvalue weighted by atomic mass is 10.0. The number of aromatic nitrogens is 1. The molecule has 1 nitrogen and oxygen atoms in total. The first-order chi connectivity index (χ1) is 11.8. The SMILES string of the molecule is Clc1cc(Cl)c(-c2cnc(Cl)c(-c3cc(Cl)c(Cl)cc3Cl)c2)cc1Cl. The van der Waals surface area contributed by atoms with Gasteiger partial charge in [0.05, 0.1) is 30.1 Å². The van der Waals surface area contributed by atoms with Crippen LogP contribution < -0.4 is 0 Å². The van der Waals surface area contributed by atoms with E-state index in [1.165, 1.54) is 0 Å². The Morgan fingerprint density at radius 1 is 0.480 bits per heavy atom. The second-order valence-corrected chi connectivity index (χ2v) is 7.86. The topological polar surface area (TPSA) is 12.9 Å². The second kappa shape index (κ2) is 7.70.